The van der Waals surface area contributed by atoms with Gasteiger partial charge in [0.05, 0.1) is 10.7 Å². The van der Waals surface area contributed by atoms with Crippen molar-refractivity contribution in [2.75, 3.05) is 5.32 Å². The van der Waals surface area contributed by atoms with Crippen LogP contribution in [0.1, 0.15) is 13.3 Å². The maximum atomic E-state index is 13.1. The van der Waals surface area contributed by atoms with Gasteiger partial charge in [0.1, 0.15) is 0 Å². The normalized spacial score (nSPS) is 10.0. The highest BCUT2D eigenvalue weighted by Crippen LogP contribution is 2.23. The molecule has 2 nitrogen and oxygen atoms in total. The lowest BCUT2D eigenvalue weighted by Crippen LogP contribution is -2.11. The molecule has 0 aliphatic rings. The molecule has 0 radical (unpaired) electrons. The van der Waals surface area contributed by atoms with Crippen molar-refractivity contribution in [3.05, 3.63) is 28.8 Å². The summed E-state index contributed by atoms with van der Waals surface area (Å²) in [6, 6.07) is 2.40. The Balaban J connectivity index is 3.00. The quantitative estimate of drug-likeness (QED) is 0.762. The molecule has 0 aliphatic heterocycles. The summed E-state index contributed by atoms with van der Waals surface area (Å²) >= 11 is 5.33. The van der Waals surface area contributed by atoms with Gasteiger partial charge in [-0.3, -0.25) is 4.79 Å². The number of halogens is 3. The predicted octanol–water partition coefficient (Wildman–Crippen LogP) is 2.97. The third-order valence-electron chi connectivity index (χ3n) is 1.63. The van der Waals surface area contributed by atoms with Gasteiger partial charge in [0.15, 0.2) is 11.6 Å². The number of hydrogen-bond donors (Lipinski definition) is 1. The van der Waals surface area contributed by atoms with Crippen molar-refractivity contribution in [1.29, 1.82) is 0 Å². The molecule has 0 saturated heterocycles. The van der Waals surface area contributed by atoms with Gasteiger partial charge in [-0.2, -0.15) is 0 Å². The van der Waals surface area contributed by atoms with Crippen LogP contribution in [0.4, 0.5) is 14.5 Å². The summed E-state index contributed by atoms with van der Waals surface area (Å²) in [4.78, 5) is 10.9. The summed E-state index contributed by atoms with van der Waals surface area (Å²) in [7, 11) is 0. The van der Waals surface area contributed by atoms with Crippen molar-refractivity contribution in [1.82, 2.24) is 0 Å². The summed E-state index contributed by atoms with van der Waals surface area (Å²) < 4.78 is 26.0. The SMILES string of the molecule is CCC(=O)Nc1ccc(Cl)c(F)c1F. The van der Waals surface area contributed by atoms with Gasteiger partial charge >= 0.3 is 0 Å². The molecule has 76 valence electrons. The standard InChI is InChI=1S/C9H8ClF2NO/c1-2-7(14)13-6-4-3-5(10)8(11)9(6)12/h3-4H,2H2,1H3,(H,13,14). The Bertz CT molecular complexity index is 368. The molecule has 1 rings (SSSR count). The molecule has 1 aromatic carbocycles. The lowest BCUT2D eigenvalue weighted by atomic mass is 10.3. The van der Waals surface area contributed by atoms with E-state index in [-0.39, 0.29) is 23.0 Å². The monoisotopic (exact) mass is 219 g/mol. The highest BCUT2D eigenvalue weighted by molar-refractivity contribution is 6.30. The molecule has 0 bridgehead atoms. The minimum atomic E-state index is -1.15. The van der Waals surface area contributed by atoms with Crippen LogP contribution in [0, 0.1) is 11.6 Å². The van der Waals surface area contributed by atoms with E-state index in [0.717, 1.165) is 0 Å². The second kappa shape index (κ2) is 4.37. The number of amides is 1. The summed E-state index contributed by atoms with van der Waals surface area (Å²) in [5.74, 6) is -2.68. The molecule has 0 unspecified atom stereocenters. The first-order valence-corrected chi connectivity index (χ1v) is 4.37. The Hall–Kier alpha value is -1.16. The molecule has 14 heavy (non-hydrogen) atoms. The Morgan fingerprint density at radius 2 is 2.07 bits per heavy atom. The summed E-state index contributed by atoms with van der Waals surface area (Å²) in [5, 5.41) is 1.91. The highest BCUT2D eigenvalue weighted by atomic mass is 35.5. The van der Waals surface area contributed by atoms with Crippen LogP contribution in [0.15, 0.2) is 12.1 Å². The molecule has 0 aliphatic carbocycles. The zero-order valence-electron chi connectivity index (χ0n) is 7.40. The van der Waals surface area contributed by atoms with Crippen molar-refractivity contribution in [2.24, 2.45) is 0 Å². The molecule has 0 fully saturated rings. The number of carbonyl (C=O) groups is 1. The fraction of sp³-hybridized carbons (Fsp3) is 0.222. The van der Waals surface area contributed by atoms with E-state index in [9.17, 15) is 13.6 Å². The molecule has 0 spiro atoms. The summed E-state index contributed by atoms with van der Waals surface area (Å²) in [5.41, 5.74) is -0.196. The van der Waals surface area contributed by atoms with Crippen molar-refractivity contribution >= 4 is 23.2 Å². The van der Waals surface area contributed by atoms with Gasteiger partial charge in [-0.15, -0.1) is 0 Å². The van der Waals surface area contributed by atoms with Crippen molar-refractivity contribution in [3.8, 4) is 0 Å². The summed E-state index contributed by atoms with van der Waals surface area (Å²) in [6.45, 7) is 1.61. The number of benzene rings is 1. The van der Waals surface area contributed by atoms with E-state index in [2.05, 4.69) is 5.32 Å². The van der Waals surface area contributed by atoms with E-state index in [1.807, 2.05) is 0 Å². The number of nitrogens with one attached hydrogen (secondary N) is 1. The second-order valence-corrected chi connectivity index (χ2v) is 3.03. The smallest absolute Gasteiger partial charge is 0.224 e. The van der Waals surface area contributed by atoms with Crippen molar-refractivity contribution in [2.45, 2.75) is 13.3 Å². The van der Waals surface area contributed by atoms with Gasteiger partial charge in [0.25, 0.3) is 0 Å². The van der Waals surface area contributed by atoms with Crippen LogP contribution in [0.5, 0.6) is 0 Å². The maximum absolute atomic E-state index is 13.1. The van der Waals surface area contributed by atoms with Crippen LogP contribution in [-0.4, -0.2) is 5.91 Å². The summed E-state index contributed by atoms with van der Waals surface area (Å²) in [6.07, 6.45) is 0.198. The minimum Gasteiger partial charge on any atom is -0.324 e. The lowest BCUT2D eigenvalue weighted by molar-refractivity contribution is -0.115. The number of carbonyl (C=O) groups excluding carboxylic acids is 1. The van der Waals surface area contributed by atoms with Crippen LogP contribution < -0.4 is 5.32 Å². The van der Waals surface area contributed by atoms with Crippen LogP contribution in [0.2, 0.25) is 5.02 Å². The van der Waals surface area contributed by atoms with Crippen molar-refractivity contribution in [3.63, 3.8) is 0 Å². The highest BCUT2D eigenvalue weighted by Gasteiger charge is 2.13. The molecule has 5 heteroatoms. The predicted molar refractivity (Wildman–Crippen MR) is 50.3 cm³/mol. The van der Waals surface area contributed by atoms with Gasteiger partial charge in [-0.1, -0.05) is 18.5 Å². The zero-order valence-corrected chi connectivity index (χ0v) is 8.16. The molecule has 0 aromatic heterocycles. The van der Waals surface area contributed by atoms with E-state index in [1.165, 1.54) is 12.1 Å². The van der Waals surface area contributed by atoms with Crippen LogP contribution in [-0.2, 0) is 4.79 Å². The number of anilines is 1. The third kappa shape index (κ3) is 2.20. The Kier molecular flexibility index (Phi) is 3.41. The fourth-order valence-electron chi connectivity index (χ4n) is 0.861. The van der Waals surface area contributed by atoms with Crippen LogP contribution in [0.3, 0.4) is 0 Å². The first kappa shape index (κ1) is 10.9. The van der Waals surface area contributed by atoms with E-state index in [1.54, 1.807) is 6.92 Å². The molecule has 0 saturated carbocycles. The van der Waals surface area contributed by atoms with E-state index >= 15 is 0 Å². The minimum absolute atomic E-state index is 0.196. The van der Waals surface area contributed by atoms with Gasteiger partial charge in [0.2, 0.25) is 5.91 Å². The average Bonchev–Trinajstić information content (AvgIpc) is 2.19. The third-order valence-corrected chi connectivity index (χ3v) is 1.92. The molecule has 0 atom stereocenters. The van der Waals surface area contributed by atoms with E-state index in [4.69, 9.17) is 11.6 Å². The topological polar surface area (TPSA) is 29.1 Å². The Morgan fingerprint density at radius 1 is 1.43 bits per heavy atom. The number of hydrogen-bond acceptors (Lipinski definition) is 1. The number of rotatable bonds is 2. The van der Waals surface area contributed by atoms with Crippen LogP contribution in [0.25, 0.3) is 0 Å². The average molecular weight is 220 g/mol. The molecular weight excluding hydrogens is 212 g/mol. The van der Waals surface area contributed by atoms with E-state index in [0.29, 0.717) is 0 Å². The Labute approximate surface area is 84.9 Å². The first-order valence-electron chi connectivity index (χ1n) is 3.99. The van der Waals surface area contributed by atoms with Gasteiger partial charge < -0.3 is 5.32 Å². The maximum Gasteiger partial charge on any atom is 0.224 e. The second-order valence-electron chi connectivity index (χ2n) is 2.62. The Morgan fingerprint density at radius 3 is 2.64 bits per heavy atom. The van der Waals surface area contributed by atoms with Gasteiger partial charge in [0, 0.05) is 6.42 Å². The molecule has 1 N–H and O–H groups in total. The largest absolute Gasteiger partial charge is 0.324 e. The molecule has 0 heterocycles. The first-order chi connectivity index (χ1) is 6.56. The zero-order chi connectivity index (χ0) is 10.7. The molecular formula is C9H8ClF2NO. The van der Waals surface area contributed by atoms with Gasteiger partial charge in [-0.05, 0) is 12.1 Å². The molecule has 1 aromatic rings. The van der Waals surface area contributed by atoms with Crippen LogP contribution >= 0.6 is 11.6 Å². The van der Waals surface area contributed by atoms with Gasteiger partial charge in [-0.25, -0.2) is 8.78 Å². The fourth-order valence-corrected chi connectivity index (χ4v) is 1.01. The molecule has 1 amide bonds. The lowest BCUT2D eigenvalue weighted by Gasteiger charge is -2.05. The van der Waals surface area contributed by atoms with Crippen molar-refractivity contribution < 1.29 is 13.6 Å². The van der Waals surface area contributed by atoms with E-state index < -0.39 is 11.6 Å².